The quantitative estimate of drug-likeness (QED) is 0.799. The molecular weight excluding hydrogens is 198 g/mol. The average molecular weight is 215 g/mol. The van der Waals surface area contributed by atoms with E-state index in [9.17, 15) is 0 Å². The smallest absolute Gasteiger partial charge is 0.0459 e. The number of aryl methyl sites for hydroxylation is 1. The van der Waals surface area contributed by atoms with Crippen molar-refractivity contribution in [2.45, 2.75) is 19.5 Å². The van der Waals surface area contributed by atoms with Gasteiger partial charge < -0.3 is 10.7 Å². The number of nitrogens with zero attached hydrogens (tertiary/aromatic N) is 1. The maximum Gasteiger partial charge on any atom is 0.0459 e. The minimum Gasteiger partial charge on any atom is -0.358 e. The van der Waals surface area contributed by atoms with E-state index in [1.807, 2.05) is 0 Å². The van der Waals surface area contributed by atoms with Crippen molar-refractivity contribution in [3.63, 3.8) is 0 Å². The Morgan fingerprint density at radius 1 is 1.38 bits per heavy atom. The van der Waals surface area contributed by atoms with Gasteiger partial charge in [-0.25, -0.2) is 0 Å². The Bertz CT molecular complexity index is 509. The van der Waals surface area contributed by atoms with Crippen molar-refractivity contribution in [3.05, 3.63) is 35.5 Å². The molecule has 1 fully saturated rings. The second-order valence-corrected chi connectivity index (χ2v) is 4.73. The van der Waals surface area contributed by atoms with Crippen molar-refractivity contribution in [1.29, 1.82) is 0 Å². The lowest BCUT2D eigenvalue weighted by Gasteiger charge is -2.36. The predicted molar refractivity (Wildman–Crippen MR) is 66.3 cm³/mol. The molecule has 1 aliphatic rings. The van der Waals surface area contributed by atoms with Crippen LogP contribution in [-0.4, -0.2) is 29.0 Å². The summed E-state index contributed by atoms with van der Waals surface area (Å²) in [5.41, 5.74) is 9.73. The van der Waals surface area contributed by atoms with Crippen molar-refractivity contribution >= 4 is 10.9 Å². The number of nitrogens with two attached hydrogens (primary N) is 1. The van der Waals surface area contributed by atoms with Crippen LogP contribution in [0.2, 0.25) is 0 Å². The zero-order valence-electron chi connectivity index (χ0n) is 9.53. The molecule has 0 radical (unpaired) electrons. The molecule has 0 spiro atoms. The summed E-state index contributed by atoms with van der Waals surface area (Å²) in [7, 11) is 0. The summed E-state index contributed by atoms with van der Waals surface area (Å²) in [4.78, 5) is 5.83. The highest BCUT2D eigenvalue weighted by Gasteiger charge is 2.24. The summed E-state index contributed by atoms with van der Waals surface area (Å²) >= 11 is 0. The molecule has 0 unspecified atom stereocenters. The number of para-hydroxylation sites is 1. The molecule has 0 aliphatic carbocycles. The number of nitrogens with one attached hydrogen (secondary N) is 1. The Balaban J connectivity index is 1.93. The highest BCUT2D eigenvalue weighted by molar-refractivity contribution is 5.84. The molecule has 2 aromatic rings. The van der Waals surface area contributed by atoms with Gasteiger partial charge in [-0.1, -0.05) is 18.2 Å². The summed E-state index contributed by atoms with van der Waals surface area (Å²) in [6, 6.07) is 8.87. The topological polar surface area (TPSA) is 45.0 Å². The van der Waals surface area contributed by atoms with Crippen LogP contribution in [0, 0.1) is 6.92 Å². The van der Waals surface area contributed by atoms with Gasteiger partial charge in [0.1, 0.15) is 0 Å². The monoisotopic (exact) mass is 215 g/mol. The molecular formula is C13H17N3. The van der Waals surface area contributed by atoms with Crippen LogP contribution in [0.4, 0.5) is 0 Å². The molecule has 3 nitrogen and oxygen atoms in total. The maximum atomic E-state index is 5.80. The third-order valence-electron chi connectivity index (χ3n) is 3.39. The van der Waals surface area contributed by atoms with Gasteiger partial charge >= 0.3 is 0 Å². The number of likely N-dealkylation sites (tertiary alicyclic amines) is 1. The van der Waals surface area contributed by atoms with Gasteiger partial charge in [0.2, 0.25) is 0 Å². The fraction of sp³-hybridized carbons (Fsp3) is 0.385. The van der Waals surface area contributed by atoms with Crippen LogP contribution in [0.25, 0.3) is 10.9 Å². The van der Waals surface area contributed by atoms with E-state index in [1.165, 1.54) is 22.2 Å². The van der Waals surface area contributed by atoms with E-state index in [0.29, 0.717) is 6.04 Å². The summed E-state index contributed by atoms with van der Waals surface area (Å²) in [6.45, 7) is 5.22. The van der Waals surface area contributed by atoms with Gasteiger partial charge in [0, 0.05) is 42.3 Å². The zero-order valence-corrected chi connectivity index (χ0v) is 9.53. The minimum atomic E-state index is 0.380. The van der Waals surface area contributed by atoms with E-state index in [4.69, 9.17) is 5.73 Å². The van der Waals surface area contributed by atoms with E-state index in [2.05, 4.69) is 41.1 Å². The second kappa shape index (κ2) is 3.61. The normalized spacial score (nSPS) is 17.9. The molecule has 3 heteroatoms. The number of aromatic nitrogens is 1. The van der Waals surface area contributed by atoms with Crippen LogP contribution < -0.4 is 5.73 Å². The molecule has 2 heterocycles. The van der Waals surface area contributed by atoms with Gasteiger partial charge in [-0.3, -0.25) is 4.90 Å². The first-order valence-corrected chi connectivity index (χ1v) is 5.78. The first-order valence-electron chi connectivity index (χ1n) is 5.78. The lowest BCUT2D eigenvalue weighted by atomic mass is 10.1. The highest BCUT2D eigenvalue weighted by Crippen LogP contribution is 2.24. The zero-order chi connectivity index (χ0) is 11.1. The molecule has 16 heavy (non-hydrogen) atoms. The van der Waals surface area contributed by atoms with Gasteiger partial charge in [-0.2, -0.15) is 0 Å². The number of benzene rings is 1. The van der Waals surface area contributed by atoms with Crippen molar-refractivity contribution in [2.75, 3.05) is 13.1 Å². The molecule has 0 saturated carbocycles. The summed E-state index contributed by atoms with van der Waals surface area (Å²) < 4.78 is 0. The molecule has 1 aromatic heterocycles. The molecule has 0 bridgehead atoms. The fourth-order valence-corrected chi connectivity index (χ4v) is 2.50. The number of hydrogen-bond acceptors (Lipinski definition) is 2. The Labute approximate surface area is 95.2 Å². The molecule has 0 amide bonds. The Morgan fingerprint density at radius 3 is 2.88 bits per heavy atom. The van der Waals surface area contributed by atoms with Gasteiger partial charge in [-0.05, 0) is 18.6 Å². The summed E-state index contributed by atoms with van der Waals surface area (Å²) in [5.74, 6) is 0. The standard InChI is InChI=1S/C13H17N3/c1-9-12(8-16-6-10(14)7-16)11-4-2-3-5-13(11)15-9/h2-5,10,15H,6-8,14H2,1H3. The average Bonchev–Trinajstić information content (AvgIpc) is 2.53. The molecule has 0 atom stereocenters. The largest absolute Gasteiger partial charge is 0.358 e. The second-order valence-electron chi connectivity index (χ2n) is 4.73. The van der Waals surface area contributed by atoms with Crippen molar-refractivity contribution in [2.24, 2.45) is 5.73 Å². The summed E-state index contributed by atoms with van der Waals surface area (Å²) in [5, 5.41) is 1.35. The van der Waals surface area contributed by atoms with Gasteiger partial charge in [0.25, 0.3) is 0 Å². The molecule has 3 rings (SSSR count). The maximum absolute atomic E-state index is 5.80. The van der Waals surface area contributed by atoms with Gasteiger partial charge in [0.05, 0.1) is 0 Å². The Morgan fingerprint density at radius 2 is 2.12 bits per heavy atom. The number of rotatable bonds is 2. The number of hydrogen-bond donors (Lipinski definition) is 2. The predicted octanol–water partition coefficient (Wildman–Crippen LogP) is 1.62. The van der Waals surface area contributed by atoms with Crippen LogP contribution >= 0.6 is 0 Å². The number of fused-ring (bicyclic) bond motifs is 1. The van der Waals surface area contributed by atoms with Gasteiger partial charge in [0.15, 0.2) is 0 Å². The van der Waals surface area contributed by atoms with Crippen molar-refractivity contribution in [1.82, 2.24) is 9.88 Å². The Hall–Kier alpha value is -1.32. The SMILES string of the molecule is Cc1[nH]c2ccccc2c1CN1CC(N)C1. The molecule has 3 N–H and O–H groups in total. The van der Waals surface area contributed by atoms with Crippen molar-refractivity contribution in [3.8, 4) is 0 Å². The molecule has 1 aromatic carbocycles. The van der Waals surface area contributed by atoms with E-state index in [1.54, 1.807) is 0 Å². The third kappa shape index (κ3) is 1.52. The molecule has 1 saturated heterocycles. The molecule has 1 aliphatic heterocycles. The van der Waals surface area contributed by atoms with Crippen LogP contribution in [0.3, 0.4) is 0 Å². The van der Waals surface area contributed by atoms with Crippen LogP contribution in [0.15, 0.2) is 24.3 Å². The highest BCUT2D eigenvalue weighted by atomic mass is 15.2. The van der Waals surface area contributed by atoms with Crippen LogP contribution in [0.5, 0.6) is 0 Å². The molecule has 84 valence electrons. The van der Waals surface area contributed by atoms with E-state index >= 15 is 0 Å². The summed E-state index contributed by atoms with van der Waals surface area (Å²) in [6.07, 6.45) is 0. The van der Waals surface area contributed by atoms with Crippen LogP contribution in [-0.2, 0) is 6.54 Å². The number of aromatic amines is 1. The lowest BCUT2D eigenvalue weighted by Crippen LogP contribution is -2.54. The van der Waals surface area contributed by atoms with E-state index < -0.39 is 0 Å². The number of H-pyrrole nitrogens is 1. The third-order valence-corrected chi connectivity index (χ3v) is 3.39. The minimum absolute atomic E-state index is 0.380. The first-order chi connectivity index (χ1) is 7.74. The van der Waals surface area contributed by atoms with Crippen molar-refractivity contribution < 1.29 is 0 Å². The van der Waals surface area contributed by atoms with E-state index in [-0.39, 0.29) is 0 Å². The van der Waals surface area contributed by atoms with E-state index in [0.717, 1.165) is 19.6 Å². The fourth-order valence-electron chi connectivity index (χ4n) is 2.50. The van der Waals surface area contributed by atoms with Crippen LogP contribution in [0.1, 0.15) is 11.3 Å². The first kappa shape index (κ1) is 9.87. The Kier molecular flexibility index (Phi) is 2.23. The van der Waals surface area contributed by atoms with Gasteiger partial charge in [-0.15, -0.1) is 0 Å². The lowest BCUT2D eigenvalue weighted by molar-refractivity contribution is 0.143.